The van der Waals surface area contributed by atoms with E-state index in [9.17, 15) is 4.79 Å². The molecule has 2 saturated heterocycles. The Bertz CT molecular complexity index is 671. The van der Waals surface area contributed by atoms with Gasteiger partial charge in [0, 0.05) is 38.9 Å². The third-order valence-corrected chi connectivity index (χ3v) is 5.54. The average molecular weight is 405 g/mol. The number of hydrogen-bond acceptors (Lipinski definition) is 6. The van der Waals surface area contributed by atoms with Crippen molar-refractivity contribution >= 4 is 18.8 Å². The number of rotatable bonds is 4. The van der Waals surface area contributed by atoms with Gasteiger partial charge in [0.05, 0.1) is 16.8 Å². The van der Waals surface area contributed by atoms with Crippen molar-refractivity contribution in [2.75, 3.05) is 33.2 Å². The number of carbonyl (C=O) groups is 1. The van der Waals surface area contributed by atoms with Crippen LogP contribution in [0.15, 0.2) is 29.4 Å². The van der Waals surface area contributed by atoms with E-state index in [0.717, 1.165) is 11.3 Å². The molecule has 162 valence electrons. The minimum Gasteiger partial charge on any atom is -0.444 e. The van der Waals surface area contributed by atoms with Crippen molar-refractivity contribution in [2.24, 2.45) is 4.99 Å². The first kappa shape index (κ1) is 23.5. The van der Waals surface area contributed by atoms with Crippen LogP contribution in [0.25, 0.3) is 0 Å². The molecule has 2 heterocycles. The molecule has 2 fully saturated rings. The normalized spacial score (nSPS) is 22.3. The van der Waals surface area contributed by atoms with E-state index >= 15 is 0 Å². The molecule has 0 aliphatic carbocycles. The summed E-state index contributed by atoms with van der Waals surface area (Å²) < 4.78 is 17.6. The smallest absolute Gasteiger partial charge is 0.444 e. The van der Waals surface area contributed by atoms with Crippen LogP contribution < -0.4 is 0 Å². The maximum absolute atomic E-state index is 12.2. The second-order valence-corrected chi connectivity index (χ2v) is 9.52. The van der Waals surface area contributed by atoms with Crippen LogP contribution in [-0.2, 0) is 14.0 Å². The van der Waals surface area contributed by atoms with Crippen LogP contribution in [0.3, 0.4) is 0 Å². The van der Waals surface area contributed by atoms with Crippen LogP contribution in [0, 0.1) is 0 Å². The number of hydrogen-bond donors (Lipinski definition) is 0. The van der Waals surface area contributed by atoms with Crippen LogP contribution >= 0.6 is 0 Å². The predicted octanol–water partition coefficient (Wildman–Crippen LogP) is 3.31. The van der Waals surface area contributed by atoms with E-state index in [0.29, 0.717) is 26.2 Å². The number of amides is 1. The third-order valence-electron chi connectivity index (χ3n) is 5.54. The Kier molecular flexibility index (Phi) is 6.90. The molecule has 0 radical (unpaired) electrons. The SMILES string of the molecule is C=C(/C=C\C(=N/C)B1OC(C)(C)C(C)(C)O1)N1CCN(C(=O)OC(C)(C)C)CC1. The molecule has 0 aromatic heterocycles. The van der Waals surface area contributed by atoms with E-state index in [-0.39, 0.29) is 6.09 Å². The number of nitrogens with zero attached hydrogens (tertiary/aromatic N) is 3. The summed E-state index contributed by atoms with van der Waals surface area (Å²) in [5.74, 6) is 0. The van der Waals surface area contributed by atoms with Crippen molar-refractivity contribution in [3.05, 3.63) is 24.4 Å². The molecule has 7 nitrogen and oxygen atoms in total. The lowest BCUT2D eigenvalue weighted by Crippen LogP contribution is -2.49. The molecule has 0 N–H and O–H groups in total. The van der Waals surface area contributed by atoms with Gasteiger partial charge in [0.15, 0.2) is 0 Å². The van der Waals surface area contributed by atoms with Crippen molar-refractivity contribution in [2.45, 2.75) is 65.3 Å². The van der Waals surface area contributed by atoms with E-state index < -0.39 is 23.9 Å². The predicted molar refractivity (Wildman–Crippen MR) is 117 cm³/mol. The zero-order chi connectivity index (χ0) is 22.0. The second kappa shape index (κ2) is 8.52. The fourth-order valence-electron chi connectivity index (χ4n) is 3.01. The molecule has 0 unspecified atom stereocenters. The molecule has 29 heavy (non-hydrogen) atoms. The van der Waals surface area contributed by atoms with Crippen molar-refractivity contribution in [3.8, 4) is 0 Å². The van der Waals surface area contributed by atoms with Crippen molar-refractivity contribution in [1.29, 1.82) is 0 Å². The number of ether oxygens (including phenoxy) is 1. The molecule has 0 bridgehead atoms. The third kappa shape index (κ3) is 5.86. The molecule has 2 rings (SSSR count). The minimum atomic E-state index is -0.502. The average Bonchev–Trinajstić information content (AvgIpc) is 2.81. The van der Waals surface area contributed by atoms with Gasteiger partial charge >= 0.3 is 13.2 Å². The molecule has 0 saturated carbocycles. The van der Waals surface area contributed by atoms with Crippen molar-refractivity contribution < 1.29 is 18.8 Å². The van der Waals surface area contributed by atoms with Gasteiger partial charge < -0.3 is 23.8 Å². The fourth-order valence-corrected chi connectivity index (χ4v) is 3.01. The topological polar surface area (TPSA) is 63.6 Å². The van der Waals surface area contributed by atoms with E-state index in [1.54, 1.807) is 11.9 Å². The largest absolute Gasteiger partial charge is 0.514 e. The van der Waals surface area contributed by atoms with Crippen LogP contribution in [0.1, 0.15) is 48.5 Å². The zero-order valence-electron chi connectivity index (χ0n) is 19.2. The van der Waals surface area contributed by atoms with Crippen molar-refractivity contribution in [3.63, 3.8) is 0 Å². The molecule has 2 aliphatic rings. The maximum atomic E-state index is 12.2. The van der Waals surface area contributed by atoms with Gasteiger partial charge in [-0.25, -0.2) is 4.79 Å². The van der Waals surface area contributed by atoms with E-state index in [1.807, 2.05) is 60.6 Å². The summed E-state index contributed by atoms with van der Waals surface area (Å²) in [6.07, 6.45) is 3.56. The molecule has 8 heteroatoms. The Morgan fingerprint density at radius 2 is 1.52 bits per heavy atom. The molecular formula is C21H36BN3O4. The van der Waals surface area contributed by atoms with E-state index in [1.165, 1.54) is 0 Å². The first-order valence-corrected chi connectivity index (χ1v) is 10.2. The van der Waals surface area contributed by atoms with Gasteiger partial charge in [0.1, 0.15) is 5.60 Å². The Morgan fingerprint density at radius 3 is 1.97 bits per heavy atom. The van der Waals surface area contributed by atoms with Gasteiger partial charge in [-0.2, -0.15) is 0 Å². The summed E-state index contributed by atoms with van der Waals surface area (Å²) in [6.45, 7) is 20.5. The van der Waals surface area contributed by atoms with Crippen LogP contribution in [-0.4, -0.2) is 78.7 Å². The molecule has 2 aliphatic heterocycles. The Morgan fingerprint density at radius 1 is 1.03 bits per heavy atom. The van der Waals surface area contributed by atoms with Gasteiger partial charge in [0.25, 0.3) is 0 Å². The summed E-state index contributed by atoms with van der Waals surface area (Å²) in [5.41, 5.74) is 0.292. The van der Waals surface area contributed by atoms with Crippen molar-refractivity contribution in [1.82, 2.24) is 9.80 Å². The summed E-state index contributed by atoms with van der Waals surface area (Å²) >= 11 is 0. The van der Waals surface area contributed by atoms with Gasteiger partial charge in [-0.05, 0) is 60.6 Å². The Hall–Kier alpha value is -1.80. The van der Waals surface area contributed by atoms with Gasteiger partial charge in [-0.15, -0.1) is 0 Å². The van der Waals surface area contributed by atoms with E-state index in [4.69, 9.17) is 14.0 Å². The zero-order valence-corrected chi connectivity index (χ0v) is 19.2. The number of piperazine rings is 1. The molecule has 1 amide bonds. The van der Waals surface area contributed by atoms with Crippen LogP contribution in [0.2, 0.25) is 0 Å². The molecular weight excluding hydrogens is 369 g/mol. The highest BCUT2D eigenvalue weighted by atomic mass is 16.7. The summed E-state index contributed by atoms with van der Waals surface area (Å²) in [4.78, 5) is 20.4. The summed E-state index contributed by atoms with van der Waals surface area (Å²) in [5, 5.41) is 0. The van der Waals surface area contributed by atoms with Gasteiger partial charge in [0.2, 0.25) is 0 Å². The first-order chi connectivity index (χ1) is 13.3. The quantitative estimate of drug-likeness (QED) is 0.408. The monoisotopic (exact) mass is 405 g/mol. The molecule has 0 atom stereocenters. The van der Waals surface area contributed by atoms with Gasteiger partial charge in [-0.3, -0.25) is 4.99 Å². The fraction of sp³-hybridized carbons (Fsp3) is 0.714. The highest BCUT2D eigenvalue weighted by molar-refractivity contribution is 6.84. The number of allylic oxidation sites excluding steroid dienone is 2. The maximum Gasteiger partial charge on any atom is 0.514 e. The highest BCUT2D eigenvalue weighted by Gasteiger charge is 2.52. The number of aliphatic imine (C=N–C) groups is 1. The summed E-state index contributed by atoms with van der Waals surface area (Å²) in [7, 11) is 1.23. The second-order valence-electron chi connectivity index (χ2n) is 9.52. The lowest BCUT2D eigenvalue weighted by atomic mass is 9.81. The minimum absolute atomic E-state index is 0.264. The molecule has 0 aromatic carbocycles. The van der Waals surface area contributed by atoms with Crippen LogP contribution in [0.5, 0.6) is 0 Å². The van der Waals surface area contributed by atoms with Gasteiger partial charge in [-0.1, -0.05) is 6.58 Å². The Labute approximate surface area is 175 Å². The summed E-state index contributed by atoms with van der Waals surface area (Å²) in [6, 6.07) is 0. The van der Waals surface area contributed by atoms with E-state index in [2.05, 4.69) is 16.5 Å². The standard InChI is InChI=1S/C21H36BN3O4/c1-16(24-12-14-25(15-13-24)18(26)27-19(2,3)4)10-11-17(23-9)22-28-20(5,6)21(7,8)29-22/h10-11H,1,12-15H2,2-9H3/b11-10-,23-17+. The molecule has 0 aromatic rings. The highest BCUT2D eigenvalue weighted by Crippen LogP contribution is 2.37. The van der Waals surface area contributed by atoms with Crippen LogP contribution in [0.4, 0.5) is 4.79 Å². The lowest BCUT2D eigenvalue weighted by Gasteiger charge is -2.37. The first-order valence-electron chi connectivity index (χ1n) is 10.2. The lowest BCUT2D eigenvalue weighted by molar-refractivity contribution is 0.00578. The number of carbonyl (C=O) groups excluding carboxylic acids is 1. The molecule has 0 spiro atoms. The Balaban J connectivity index is 1.90.